The van der Waals surface area contributed by atoms with Crippen LogP contribution in [0.4, 0.5) is 0 Å². The fourth-order valence-corrected chi connectivity index (χ4v) is 2.46. The molecule has 4 nitrogen and oxygen atoms in total. The van der Waals surface area contributed by atoms with E-state index in [1.807, 2.05) is 30.0 Å². The van der Waals surface area contributed by atoms with Crippen molar-refractivity contribution in [3.63, 3.8) is 0 Å². The molecular formula is C13H22N2O2S. The lowest BCUT2D eigenvalue weighted by Crippen LogP contribution is -2.30. The summed E-state index contributed by atoms with van der Waals surface area (Å²) in [6, 6.07) is 5.98. The molecule has 0 spiro atoms. The molecule has 0 saturated carbocycles. The molecule has 0 radical (unpaired) electrons. The Morgan fingerprint density at radius 2 is 1.89 bits per heavy atom. The lowest BCUT2D eigenvalue weighted by molar-refractivity contribution is 0.354. The Labute approximate surface area is 113 Å². The van der Waals surface area contributed by atoms with E-state index in [0.29, 0.717) is 5.25 Å². The number of benzene rings is 1. The summed E-state index contributed by atoms with van der Waals surface area (Å²) in [5.41, 5.74) is 3.95. The molecular weight excluding hydrogens is 248 g/mol. The van der Waals surface area contributed by atoms with Gasteiger partial charge in [0.2, 0.25) is 0 Å². The molecule has 18 heavy (non-hydrogen) atoms. The average Bonchev–Trinajstić information content (AvgIpc) is 2.38. The van der Waals surface area contributed by atoms with Crippen LogP contribution in [-0.4, -0.2) is 25.2 Å². The van der Waals surface area contributed by atoms with E-state index in [1.165, 1.54) is 0 Å². The standard InChI is InChI=1S/C13H22N2O2S/c1-9(2)18-8-11(15-14)10-5-6-12(16-3)13(7-10)17-4/h5-7,9,11,15H,8,14H2,1-4H3. The van der Waals surface area contributed by atoms with Gasteiger partial charge in [0, 0.05) is 5.75 Å². The highest BCUT2D eigenvalue weighted by molar-refractivity contribution is 7.99. The van der Waals surface area contributed by atoms with E-state index in [9.17, 15) is 0 Å². The maximum atomic E-state index is 5.62. The Balaban J connectivity index is 2.85. The zero-order chi connectivity index (χ0) is 13.5. The molecule has 0 aliphatic carbocycles. The van der Waals surface area contributed by atoms with Gasteiger partial charge in [-0.3, -0.25) is 11.3 Å². The second-order valence-corrected chi connectivity index (χ2v) is 5.83. The maximum Gasteiger partial charge on any atom is 0.161 e. The van der Waals surface area contributed by atoms with E-state index in [-0.39, 0.29) is 6.04 Å². The van der Waals surface area contributed by atoms with Crippen LogP contribution in [0.3, 0.4) is 0 Å². The molecule has 102 valence electrons. The first-order valence-electron chi connectivity index (χ1n) is 5.92. The lowest BCUT2D eigenvalue weighted by Gasteiger charge is -2.18. The van der Waals surface area contributed by atoms with E-state index in [2.05, 4.69) is 19.3 Å². The Bertz CT molecular complexity index is 372. The number of nitrogens with one attached hydrogen (secondary N) is 1. The van der Waals surface area contributed by atoms with Gasteiger partial charge in [-0.25, -0.2) is 0 Å². The molecule has 3 N–H and O–H groups in total. The van der Waals surface area contributed by atoms with Crippen molar-refractivity contribution < 1.29 is 9.47 Å². The monoisotopic (exact) mass is 270 g/mol. The van der Waals surface area contributed by atoms with Gasteiger partial charge in [-0.05, 0) is 22.9 Å². The highest BCUT2D eigenvalue weighted by Gasteiger charge is 2.13. The van der Waals surface area contributed by atoms with Crippen molar-refractivity contribution in [2.24, 2.45) is 5.84 Å². The minimum Gasteiger partial charge on any atom is -0.493 e. The van der Waals surface area contributed by atoms with Crippen molar-refractivity contribution in [1.29, 1.82) is 0 Å². The van der Waals surface area contributed by atoms with Crippen molar-refractivity contribution in [2.75, 3.05) is 20.0 Å². The first-order chi connectivity index (χ1) is 8.62. The van der Waals surface area contributed by atoms with Gasteiger partial charge in [-0.1, -0.05) is 19.9 Å². The summed E-state index contributed by atoms with van der Waals surface area (Å²) in [4.78, 5) is 0. The lowest BCUT2D eigenvalue weighted by atomic mass is 10.1. The van der Waals surface area contributed by atoms with Crippen molar-refractivity contribution >= 4 is 11.8 Å². The fourth-order valence-electron chi connectivity index (χ4n) is 1.60. The molecule has 1 aromatic rings. The minimum atomic E-state index is 0.109. The first-order valence-corrected chi connectivity index (χ1v) is 6.96. The van der Waals surface area contributed by atoms with E-state index in [4.69, 9.17) is 15.3 Å². The van der Waals surface area contributed by atoms with Gasteiger partial charge in [-0.15, -0.1) is 0 Å². The van der Waals surface area contributed by atoms with Gasteiger partial charge < -0.3 is 9.47 Å². The summed E-state index contributed by atoms with van der Waals surface area (Å²) in [6.45, 7) is 4.35. The normalized spacial score (nSPS) is 12.6. The van der Waals surface area contributed by atoms with Gasteiger partial charge >= 0.3 is 0 Å². The Morgan fingerprint density at radius 3 is 2.39 bits per heavy atom. The van der Waals surface area contributed by atoms with Gasteiger partial charge in [0.15, 0.2) is 11.5 Å². The van der Waals surface area contributed by atoms with Crippen LogP contribution in [0.15, 0.2) is 18.2 Å². The van der Waals surface area contributed by atoms with E-state index in [1.54, 1.807) is 14.2 Å². The number of methoxy groups -OCH3 is 2. The summed E-state index contributed by atoms with van der Waals surface area (Å²) >= 11 is 1.87. The van der Waals surface area contributed by atoms with Crippen molar-refractivity contribution in [1.82, 2.24) is 5.43 Å². The third-order valence-corrected chi connectivity index (χ3v) is 3.80. The zero-order valence-corrected chi connectivity index (χ0v) is 12.2. The van der Waals surface area contributed by atoms with Gasteiger partial charge in [-0.2, -0.15) is 11.8 Å². The fraction of sp³-hybridized carbons (Fsp3) is 0.538. The van der Waals surface area contributed by atoms with Crippen LogP contribution >= 0.6 is 11.8 Å². The van der Waals surface area contributed by atoms with Crippen LogP contribution in [0.25, 0.3) is 0 Å². The largest absolute Gasteiger partial charge is 0.493 e. The summed E-state index contributed by atoms with van der Waals surface area (Å²) in [5, 5.41) is 0.584. The highest BCUT2D eigenvalue weighted by atomic mass is 32.2. The molecule has 0 aliphatic heterocycles. The number of thioether (sulfide) groups is 1. The predicted octanol–water partition coefficient (Wildman–Crippen LogP) is 2.35. The van der Waals surface area contributed by atoms with Crippen LogP contribution in [0.5, 0.6) is 11.5 Å². The molecule has 0 heterocycles. The number of nitrogens with two attached hydrogens (primary N) is 1. The Hall–Kier alpha value is -0.910. The van der Waals surface area contributed by atoms with Crippen molar-refractivity contribution in [3.05, 3.63) is 23.8 Å². The maximum absolute atomic E-state index is 5.62. The second-order valence-electron chi connectivity index (χ2n) is 4.22. The van der Waals surface area contributed by atoms with E-state index >= 15 is 0 Å². The Morgan fingerprint density at radius 1 is 1.22 bits per heavy atom. The molecule has 0 aliphatic rings. The molecule has 5 heteroatoms. The van der Waals surface area contributed by atoms with Gasteiger partial charge in [0.25, 0.3) is 0 Å². The number of rotatable bonds is 7. The number of hydrogen-bond acceptors (Lipinski definition) is 5. The minimum absolute atomic E-state index is 0.109. The number of ether oxygens (including phenoxy) is 2. The SMILES string of the molecule is COc1ccc(C(CSC(C)C)NN)cc1OC. The summed E-state index contributed by atoms with van der Waals surface area (Å²) in [7, 11) is 3.26. The second kappa shape index (κ2) is 7.51. The first kappa shape index (κ1) is 15.1. The summed E-state index contributed by atoms with van der Waals surface area (Å²) in [6.07, 6.45) is 0. The topological polar surface area (TPSA) is 56.5 Å². The Kier molecular flexibility index (Phi) is 6.32. The van der Waals surface area contributed by atoms with E-state index in [0.717, 1.165) is 22.8 Å². The smallest absolute Gasteiger partial charge is 0.161 e. The average molecular weight is 270 g/mol. The van der Waals surface area contributed by atoms with Crippen LogP contribution in [0, 0.1) is 0 Å². The molecule has 0 saturated heterocycles. The molecule has 1 unspecified atom stereocenters. The predicted molar refractivity (Wildman–Crippen MR) is 77.2 cm³/mol. The third kappa shape index (κ3) is 4.08. The molecule has 1 aromatic carbocycles. The zero-order valence-electron chi connectivity index (χ0n) is 11.4. The van der Waals surface area contributed by atoms with Crippen molar-refractivity contribution in [2.45, 2.75) is 25.1 Å². The summed E-state index contributed by atoms with van der Waals surface area (Å²) in [5.74, 6) is 7.99. The number of hydrogen-bond donors (Lipinski definition) is 2. The molecule has 0 fully saturated rings. The number of hydrazine groups is 1. The van der Waals surface area contributed by atoms with E-state index < -0.39 is 0 Å². The molecule has 0 bridgehead atoms. The highest BCUT2D eigenvalue weighted by Crippen LogP contribution is 2.31. The third-order valence-electron chi connectivity index (χ3n) is 2.61. The molecule has 1 rings (SSSR count). The van der Waals surface area contributed by atoms with Crippen LogP contribution in [0.1, 0.15) is 25.5 Å². The van der Waals surface area contributed by atoms with Crippen LogP contribution in [-0.2, 0) is 0 Å². The summed E-state index contributed by atoms with van der Waals surface area (Å²) < 4.78 is 10.5. The van der Waals surface area contributed by atoms with Gasteiger partial charge in [0.05, 0.1) is 20.3 Å². The molecule has 1 atom stereocenters. The van der Waals surface area contributed by atoms with Gasteiger partial charge in [0.1, 0.15) is 0 Å². The van der Waals surface area contributed by atoms with Crippen LogP contribution < -0.4 is 20.7 Å². The van der Waals surface area contributed by atoms with Crippen molar-refractivity contribution in [3.8, 4) is 11.5 Å². The van der Waals surface area contributed by atoms with Crippen LogP contribution in [0.2, 0.25) is 0 Å². The molecule has 0 amide bonds. The molecule has 0 aromatic heterocycles. The quantitative estimate of drug-likeness (QED) is 0.588.